The fourth-order valence-electron chi connectivity index (χ4n) is 3.36. The first-order valence-corrected chi connectivity index (χ1v) is 12.7. The third-order valence-electron chi connectivity index (χ3n) is 5.08. The summed E-state index contributed by atoms with van der Waals surface area (Å²) in [6.45, 7) is 0. The number of hydrogen-bond donors (Lipinski definition) is 1. The maximum absolute atomic E-state index is 13.2. The lowest BCUT2D eigenvalue weighted by Gasteiger charge is -2.22. The Morgan fingerprint density at radius 2 is 1.00 bits per heavy atom. The van der Waals surface area contributed by atoms with Gasteiger partial charge in [0.15, 0.2) is 4.58 Å². The van der Waals surface area contributed by atoms with Crippen LogP contribution in [0.25, 0.3) is 22.3 Å². The molecular formula is C22H16F6O5S2. The molecule has 0 aliphatic carbocycles. The molecule has 0 heterocycles. The SMILES string of the molecule is O=S(=O)(C(Cc1cc(-c2ccccc2)c(O)c(-c2ccccc2)c1)S(=O)(=O)C(F)(F)F)C(F)(F)F. The molecule has 0 bridgehead atoms. The van der Waals surface area contributed by atoms with E-state index in [2.05, 4.69) is 0 Å². The van der Waals surface area contributed by atoms with Crippen molar-refractivity contribution in [3.05, 3.63) is 78.4 Å². The van der Waals surface area contributed by atoms with Crippen LogP contribution in [0, 0.1) is 0 Å². The van der Waals surface area contributed by atoms with Crippen LogP contribution in [0.15, 0.2) is 72.8 Å². The molecule has 0 spiro atoms. The smallest absolute Gasteiger partial charge is 0.498 e. The summed E-state index contributed by atoms with van der Waals surface area (Å²) < 4.78 is 123. The first-order chi connectivity index (χ1) is 16.1. The van der Waals surface area contributed by atoms with E-state index in [4.69, 9.17) is 0 Å². The van der Waals surface area contributed by atoms with Crippen LogP contribution in [0.4, 0.5) is 26.3 Å². The van der Waals surface area contributed by atoms with Crippen molar-refractivity contribution in [3.8, 4) is 28.0 Å². The van der Waals surface area contributed by atoms with Crippen molar-refractivity contribution in [1.82, 2.24) is 0 Å². The summed E-state index contributed by atoms with van der Waals surface area (Å²) in [5, 5.41) is 10.8. The summed E-state index contributed by atoms with van der Waals surface area (Å²) in [4.78, 5) is 0. The molecule has 5 nitrogen and oxygen atoms in total. The monoisotopic (exact) mass is 538 g/mol. The van der Waals surface area contributed by atoms with Crippen LogP contribution in [0.1, 0.15) is 5.56 Å². The number of hydrogen-bond acceptors (Lipinski definition) is 5. The molecule has 3 aromatic rings. The third-order valence-corrected chi connectivity index (χ3v) is 9.61. The lowest BCUT2D eigenvalue weighted by Crippen LogP contribution is -2.46. The van der Waals surface area contributed by atoms with Crippen molar-refractivity contribution >= 4 is 19.7 Å². The summed E-state index contributed by atoms with van der Waals surface area (Å²) in [5.41, 5.74) is -12.5. The Kier molecular flexibility index (Phi) is 6.97. The summed E-state index contributed by atoms with van der Waals surface area (Å²) in [6.07, 6.45) is -1.66. The highest BCUT2D eigenvalue weighted by Gasteiger charge is 2.62. The lowest BCUT2D eigenvalue weighted by atomic mass is 9.94. The predicted molar refractivity (Wildman–Crippen MR) is 116 cm³/mol. The average Bonchev–Trinajstić information content (AvgIpc) is 2.77. The van der Waals surface area contributed by atoms with Crippen molar-refractivity contribution in [1.29, 1.82) is 0 Å². The normalized spacial score (nSPS) is 13.2. The quantitative estimate of drug-likeness (QED) is 0.421. The number of halogens is 6. The molecule has 3 rings (SSSR count). The van der Waals surface area contributed by atoms with Crippen LogP contribution in [-0.4, -0.2) is 37.5 Å². The van der Waals surface area contributed by atoms with Gasteiger partial charge in [-0.15, -0.1) is 0 Å². The largest absolute Gasteiger partial charge is 0.507 e. The molecule has 0 saturated carbocycles. The van der Waals surface area contributed by atoms with Crippen LogP contribution in [-0.2, 0) is 26.1 Å². The maximum Gasteiger partial charge on any atom is 0.498 e. The Morgan fingerprint density at radius 1 is 0.657 bits per heavy atom. The Labute approximate surface area is 196 Å². The predicted octanol–water partition coefficient (Wildman–Crippen LogP) is 5.46. The number of alkyl halides is 6. The molecule has 3 aromatic carbocycles. The van der Waals surface area contributed by atoms with Gasteiger partial charge in [0, 0.05) is 17.5 Å². The van der Waals surface area contributed by atoms with Crippen molar-refractivity contribution in [2.24, 2.45) is 0 Å². The standard InChI is InChI=1S/C22H16F6O5S2/c23-21(24,25)34(30,31)19(35(32,33)22(26,27)28)13-14-11-17(15-7-3-1-4-8-15)20(29)18(12-14)16-9-5-2-6-10-16/h1-12,19,29H,13H2. The topological polar surface area (TPSA) is 88.5 Å². The van der Waals surface area contributed by atoms with Crippen molar-refractivity contribution < 1.29 is 48.3 Å². The zero-order chi connectivity index (χ0) is 26.2. The number of phenols is 1. The molecule has 0 atom stereocenters. The van der Waals surface area contributed by atoms with E-state index < -0.39 is 47.3 Å². The second kappa shape index (κ2) is 9.19. The number of phenolic OH excluding ortho intramolecular Hbond substituents is 1. The Balaban J connectivity index is 2.29. The van der Waals surface area contributed by atoms with E-state index in [-0.39, 0.29) is 16.9 Å². The van der Waals surface area contributed by atoms with Gasteiger partial charge in [0.25, 0.3) is 19.7 Å². The van der Waals surface area contributed by atoms with Gasteiger partial charge in [0.2, 0.25) is 0 Å². The maximum atomic E-state index is 13.2. The van der Waals surface area contributed by atoms with E-state index in [1.807, 2.05) is 0 Å². The van der Waals surface area contributed by atoms with E-state index in [9.17, 15) is 48.3 Å². The number of rotatable bonds is 6. The van der Waals surface area contributed by atoms with Gasteiger partial charge in [-0.2, -0.15) is 26.3 Å². The molecule has 0 unspecified atom stereocenters. The van der Waals surface area contributed by atoms with Gasteiger partial charge in [-0.1, -0.05) is 60.7 Å². The molecule has 0 aliphatic rings. The van der Waals surface area contributed by atoms with E-state index in [0.29, 0.717) is 11.1 Å². The van der Waals surface area contributed by atoms with Gasteiger partial charge in [-0.25, -0.2) is 16.8 Å². The summed E-state index contributed by atoms with van der Waals surface area (Å²) in [6, 6.07) is 17.3. The van der Waals surface area contributed by atoms with Gasteiger partial charge in [0.1, 0.15) is 5.75 Å². The second-order valence-electron chi connectivity index (χ2n) is 7.39. The zero-order valence-electron chi connectivity index (χ0n) is 17.4. The minimum absolute atomic E-state index is 0.0467. The molecule has 35 heavy (non-hydrogen) atoms. The first-order valence-electron chi connectivity index (χ1n) is 9.64. The number of aromatic hydroxyl groups is 1. The minimum Gasteiger partial charge on any atom is -0.507 e. The molecule has 1 N–H and O–H groups in total. The molecule has 13 heteroatoms. The van der Waals surface area contributed by atoms with Gasteiger partial charge < -0.3 is 5.11 Å². The van der Waals surface area contributed by atoms with Gasteiger partial charge in [-0.3, -0.25) is 0 Å². The molecule has 0 aliphatic heterocycles. The number of benzene rings is 3. The summed E-state index contributed by atoms with van der Waals surface area (Å²) >= 11 is 0. The van der Waals surface area contributed by atoms with Crippen molar-refractivity contribution in [2.45, 2.75) is 22.0 Å². The van der Waals surface area contributed by atoms with Crippen molar-refractivity contribution in [3.63, 3.8) is 0 Å². The highest BCUT2D eigenvalue weighted by Crippen LogP contribution is 2.42. The zero-order valence-corrected chi connectivity index (χ0v) is 19.0. The lowest BCUT2D eigenvalue weighted by molar-refractivity contribution is -0.0471. The molecule has 0 radical (unpaired) electrons. The van der Waals surface area contributed by atoms with Crippen molar-refractivity contribution in [2.75, 3.05) is 0 Å². The molecule has 0 amide bonds. The Bertz CT molecular complexity index is 1310. The summed E-state index contributed by atoms with van der Waals surface area (Å²) in [5.74, 6) is -0.389. The van der Waals surface area contributed by atoms with Crippen LogP contribution in [0.3, 0.4) is 0 Å². The molecule has 0 saturated heterocycles. The van der Waals surface area contributed by atoms with E-state index in [0.717, 1.165) is 12.1 Å². The van der Waals surface area contributed by atoms with Crippen LogP contribution in [0.2, 0.25) is 0 Å². The number of sulfone groups is 2. The van der Waals surface area contributed by atoms with Gasteiger partial charge >= 0.3 is 11.0 Å². The molecule has 0 fully saturated rings. The van der Waals surface area contributed by atoms with Crippen LogP contribution >= 0.6 is 0 Å². The Morgan fingerprint density at radius 3 is 1.31 bits per heavy atom. The van der Waals surface area contributed by atoms with E-state index in [1.165, 1.54) is 24.3 Å². The Hall–Kier alpha value is -3.06. The molecule has 0 aromatic heterocycles. The molecular weight excluding hydrogens is 522 g/mol. The first kappa shape index (κ1) is 26.5. The van der Waals surface area contributed by atoms with E-state index in [1.54, 1.807) is 36.4 Å². The third kappa shape index (κ3) is 5.15. The van der Waals surface area contributed by atoms with Crippen LogP contribution < -0.4 is 0 Å². The fourth-order valence-corrected chi connectivity index (χ4v) is 6.77. The average molecular weight is 538 g/mol. The van der Waals surface area contributed by atoms with Gasteiger partial charge in [-0.05, 0) is 28.8 Å². The highest BCUT2D eigenvalue weighted by atomic mass is 32.3. The summed E-state index contributed by atoms with van der Waals surface area (Å²) in [7, 11) is -13.6. The van der Waals surface area contributed by atoms with Gasteiger partial charge in [0.05, 0.1) is 0 Å². The van der Waals surface area contributed by atoms with Crippen LogP contribution in [0.5, 0.6) is 5.75 Å². The molecule has 188 valence electrons. The van der Waals surface area contributed by atoms with E-state index >= 15 is 0 Å². The highest BCUT2D eigenvalue weighted by molar-refractivity contribution is 8.09. The minimum atomic E-state index is -6.81. The fraction of sp³-hybridized carbons (Fsp3) is 0.182. The second-order valence-corrected chi connectivity index (χ2v) is 11.9.